The Kier molecular flexibility index (Phi) is 3.90. The van der Waals surface area contributed by atoms with Crippen LogP contribution in [0.3, 0.4) is 0 Å². The molecule has 3 rings (SSSR count). The smallest absolute Gasteiger partial charge is 0.230 e. The number of aryl methyl sites for hydroxylation is 2. The molecule has 0 spiro atoms. The summed E-state index contributed by atoms with van der Waals surface area (Å²) in [6.07, 6.45) is 0.000604. The number of anilines is 1. The summed E-state index contributed by atoms with van der Waals surface area (Å²) in [6, 6.07) is 10.4. The predicted octanol–water partition coefficient (Wildman–Crippen LogP) is 4.23. The summed E-state index contributed by atoms with van der Waals surface area (Å²) in [5, 5.41) is 3.30. The van der Waals surface area contributed by atoms with Gasteiger partial charge >= 0.3 is 0 Å². The molecule has 1 N–H and O–H groups in total. The predicted molar refractivity (Wildman–Crippen MR) is 87.8 cm³/mol. The third kappa shape index (κ3) is 2.99. The second-order valence-corrected chi connectivity index (χ2v) is 6.29. The molecule has 1 amide bonds. The van der Waals surface area contributed by atoms with Crippen LogP contribution in [0.4, 0.5) is 9.52 Å². The van der Waals surface area contributed by atoms with Crippen LogP contribution in [-0.2, 0) is 11.2 Å². The quantitative estimate of drug-likeness (QED) is 0.786. The van der Waals surface area contributed by atoms with Gasteiger partial charge in [0.15, 0.2) is 5.13 Å². The number of nitrogens with one attached hydrogen (secondary N) is 1. The number of aromatic nitrogens is 1. The van der Waals surface area contributed by atoms with Crippen molar-refractivity contribution in [1.29, 1.82) is 0 Å². The average molecular weight is 314 g/mol. The van der Waals surface area contributed by atoms with Gasteiger partial charge < -0.3 is 5.32 Å². The monoisotopic (exact) mass is 314 g/mol. The highest BCUT2D eigenvalue weighted by molar-refractivity contribution is 7.22. The number of hydrogen-bond donors (Lipinski definition) is 1. The fourth-order valence-corrected chi connectivity index (χ4v) is 3.46. The van der Waals surface area contributed by atoms with Crippen LogP contribution < -0.4 is 5.32 Å². The van der Waals surface area contributed by atoms with Crippen LogP contribution in [0.5, 0.6) is 0 Å². The van der Waals surface area contributed by atoms with Crippen LogP contribution in [0.2, 0.25) is 0 Å². The van der Waals surface area contributed by atoms with Crippen LogP contribution in [0.1, 0.15) is 16.7 Å². The zero-order valence-corrected chi connectivity index (χ0v) is 13.1. The summed E-state index contributed by atoms with van der Waals surface area (Å²) in [5.74, 6) is -0.632. The number of hydrogen-bond acceptors (Lipinski definition) is 3. The average Bonchev–Trinajstić information content (AvgIpc) is 2.84. The van der Waals surface area contributed by atoms with E-state index in [9.17, 15) is 9.18 Å². The van der Waals surface area contributed by atoms with E-state index in [1.54, 1.807) is 18.2 Å². The molecule has 0 atom stereocenters. The molecule has 1 aromatic heterocycles. The van der Waals surface area contributed by atoms with E-state index in [-0.39, 0.29) is 18.1 Å². The Bertz CT molecular complexity index is 857. The summed E-state index contributed by atoms with van der Waals surface area (Å²) >= 11 is 1.43. The third-order valence-electron chi connectivity index (χ3n) is 3.39. The number of rotatable bonds is 3. The number of carbonyl (C=O) groups excluding carboxylic acids is 1. The first kappa shape index (κ1) is 14.7. The highest BCUT2D eigenvalue weighted by atomic mass is 32.1. The first-order valence-electron chi connectivity index (χ1n) is 6.94. The molecule has 22 heavy (non-hydrogen) atoms. The topological polar surface area (TPSA) is 42.0 Å². The van der Waals surface area contributed by atoms with Gasteiger partial charge in [0, 0.05) is 0 Å². The molecule has 0 radical (unpaired) electrons. The standard InChI is InChI=1S/C17H15FN2OS/c1-10-7-11(2)16-14(8-10)22-17(20-16)19-15(21)9-12-5-3-4-6-13(12)18/h3-8H,9H2,1-2H3,(H,19,20,21). The molecular weight excluding hydrogens is 299 g/mol. The molecule has 0 fully saturated rings. The Morgan fingerprint density at radius 2 is 2.05 bits per heavy atom. The molecule has 5 heteroatoms. The lowest BCUT2D eigenvalue weighted by molar-refractivity contribution is -0.115. The Morgan fingerprint density at radius 3 is 2.82 bits per heavy atom. The van der Waals surface area contributed by atoms with Gasteiger partial charge in [-0.2, -0.15) is 0 Å². The minimum atomic E-state index is -0.367. The third-order valence-corrected chi connectivity index (χ3v) is 4.30. The number of nitrogens with zero attached hydrogens (tertiary/aromatic N) is 1. The number of thiazole rings is 1. The normalized spacial score (nSPS) is 10.9. The minimum absolute atomic E-state index is 0.000604. The van der Waals surface area contributed by atoms with Crippen LogP contribution >= 0.6 is 11.3 Å². The molecule has 0 saturated carbocycles. The summed E-state index contributed by atoms with van der Waals surface area (Å²) < 4.78 is 14.6. The van der Waals surface area contributed by atoms with Crippen LogP contribution in [0, 0.1) is 19.7 Å². The summed E-state index contributed by atoms with van der Waals surface area (Å²) in [4.78, 5) is 16.5. The first-order valence-corrected chi connectivity index (χ1v) is 7.75. The van der Waals surface area contributed by atoms with Gasteiger partial charge in [0.25, 0.3) is 0 Å². The van der Waals surface area contributed by atoms with Crippen molar-refractivity contribution >= 4 is 32.6 Å². The van der Waals surface area contributed by atoms with Crippen LogP contribution in [0.25, 0.3) is 10.2 Å². The molecule has 1 heterocycles. The molecule has 3 aromatic rings. The van der Waals surface area contributed by atoms with E-state index in [4.69, 9.17) is 0 Å². The molecule has 0 aliphatic rings. The lowest BCUT2D eigenvalue weighted by atomic mass is 10.1. The van der Waals surface area contributed by atoms with Crippen molar-refractivity contribution in [1.82, 2.24) is 4.98 Å². The maximum atomic E-state index is 13.6. The first-order chi connectivity index (χ1) is 10.5. The molecule has 0 saturated heterocycles. The van der Waals surface area contributed by atoms with E-state index >= 15 is 0 Å². The second-order valence-electron chi connectivity index (χ2n) is 5.26. The zero-order chi connectivity index (χ0) is 15.7. The van der Waals surface area contributed by atoms with E-state index in [0.29, 0.717) is 10.7 Å². The summed E-state index contributed by atoms with van der Waals surface area (Å²) in [5.41, 5.74) is 3.53. The van der Waals surface area contributed by atoms with E-state index in [1.165, 1.54) is 17.4 Å². The molecule has 0 aliphatic carbocycles. The van der Waals surface area contributed by atoms with Gasteiger partial charge in [-0.3, -0.25) is 4.79 Å². The van der Waals surface area contributed by atoms with Gasteiger partial charge in [-0.15, -0.1) is 0 Å². The fourth-order valence-electron chi connectivity index (χ4n) is 2.40. The maximum Gasteiger partial charge on any atom is 0.230 e. The molecule has 0 unspecified atom stereocenters. The zero-order valence-electron chi connectivity index (χ0n) is 12.3. The Hall–Kier alpha value is -2.27. The van der Waals surface area contributed by atoms with Gasteiger partial charge in [0.05, 0.1) is 16.6 Å². The summed E-state index contributed by atoms with van der Waals surface area (Å²) in [6.45, 7) is 4.03. The number of halogens is 1. The maximum absolute atomic E-state index is 13.6. The van der Waals surface area contributed by atoms with Crippen molar-refractivity contribution in [3.05, 3.63) is 58.9 Å². The summed E-state index contributed by atoms with van der Waals surface area (Å²) in [7, 11) is 0. The number of benzene rings is 2. The SMILES string of the molecule is Cc1cc(C)c2nc(NC(=O)Cc3ccccc3F)sc2c1. The van der Waals surface area contributed by atoms with Crippen molar-refractivity contribution in [3.8, 4) is 0 Å². The lowest BCUT2D eigenvalue weighted by Crippen LogP contribution is -2.14. The van der Waals surface area contributed by atoms with E-state index in [1.807, 2.05) is 19.9 Å². The van der Waals surface area contributed by atoms with E-state index < -0.39 is 0 Å². The molecule has 0 aliphatic heterocycles. The van der Waals surface area contributed by atoms with Gasteiger partial charge in [-0.05, 0) is 42.7 Å². The number of amides is 1. The number of fused-ring (bicyclic) bond motifs is 1. The Balaban J connectivity index is 1.80. The van der Waals surface area contributed by atoms with Crippen molar-refractivity contribution < 1.29 is 9.18 Å². The van der Waals surface area contributed by atoms with Gasteiger partial charge in [0.1, 0.15) is 5.82 Å². The number of carbonyl (C=O) groups is 1. The van der Waals surface area contributed by atoms with E-state index in [2.05, 4.69) is 16.4 Å². The largest absolute Gasteiger partial charge is 0.302 e. The van der Waals surface area contributed by atoms with Gasteiger partial charge in [-0.1, -0.05) is 35.6 Å². The molecular formula is C17H15FN2OS. The molecule has 3 nitrogen and oxygen atoms in total. The van der Waals surface area contributed by atoms with Crippen LogP contribution in [-0.4, -0.2) is 10.9 Å². The minimum Gasteiger partial charge on any atom is -0.302 e. The van der Waals surface area contributed by atoms with Gasteiger partial charge in [-0.25, -0.2) is 9.37 Å². The Labute approximate surface area is 131 Å². The molecule has 2 aromatic carbocycles. The van der Waals surface area contributed by atoms with Crippen molar-refractivity contribution in [2.24, 2.45) is 0 Å². The van der Waals surface area contributed by atoms with Gasteiger partial charge in [0.2, 0.25) is 5.91 Å². The fraction of sp³-hybridized carbons (Fsp3) is 0.176. The van der Waals surface area contributed by atoms with E-state index in [0.717, 1.165) is 21.3 Å². The highest BCUT2D eigenvalue weighted by Crippen LogP contribution is 2.29. The lowest BCUT2D eigenvalue weighted by Gasteiger charge is -2.02. The Morgan fingerprint density at radius 1 is 1.27 bits per heavy atom. The highest BCUT2D eigenvalue weighted by Gasteiger charge is 2.12. The molecule has 0 bridgehead atoms. The van der Waals surface area contributed by atoms with Crippen molar-refractivity contribution in [2.45, 2.75) is 20.3 Å². The second kappa shape index (κ2) is 5.85. The molecule has 112 valence electrons. The van der Waals surface area contributed by atoms with Crippen molar-refractivity contribution in [2.75, 3.05) is 5.32 Å². The van der Waals surface area contributed by atoms with Crippen LogP contribution in [0.15, 0.2) is 36.4 Å². The van der Waals surface area contributed by atoms with Crippen molar-refractivity contribution in [3.63, 3.8) is 0 Å².